The number of para-hydroxylation sites is 1. The standard InChI is InChI=1S/C20H12F3N5O7S2/c1-34-14-9-10(6-7-13(14)35-37(32,33)15-5-3-2-4-12(15)28(30)31)8-11-16(24)27-19(25-17(11)29)36-18(26-27)20(21,22)23/h2-9,24H,1H3/b11-8-,24-16?. The first-order valence-electron chi connectivity index (χ1n) is 9.75. The first-order valence-corrected chi connectivity index (χ1v) is 12.0. The van der Waals surface area contributed by atoms with Gasteiger partial charge in [-0.3, -0.25) is 20.3 Å². The summed E-state index contributed by atoms with van der Waals surface area (Å²) >= 11 is 0.108. The number of amidine groups is 2. The van der Waals surface area contributed by atoms with E-state index < -0.39 is 53.8 Å². The van der Waals surface area contributed by atoms with E-state index in [9.17, 15) is 36.5 Å². The summed E-state index contributed by atoms with van der Waals surface area (Å²) in [7, 11) is -3.49. The topological polar surface area (TPSA) is 165 Å². The molecule has 2 heterocycles. The number of halogens is 3. The number of fused-ring (bicyclic) bond motifs is 1. The fourth-order valence-corrected chi connectivity index (χ4v) is 4.96. The highest BCUT2D eigenvalue weighted by molar-refractivity contribution is 8.27. The van der Waals surface area contributed by atoms with Gasteiger partial charge in [0, 0.05) is 6.07 Å². The second kappa shape index (κ2) is 9.32. The number of nitro groups is 1. The maximum absolute atomic E-state index is 13.0. The fraction of sp³-hybridized carbons (Fsp3) is 0.100. The Balaban J connectivity index is 1.65. The minimum Gasteiger partial charge on any atom is -0.493 e. The first kappa shape index (κ1) is 25.8. The molecule has 2 aromatic rings. The molecule has 2 aliphatic heterocycles. The number of alkyl halides is 3. The number of hydrazone groups is 1. The van der Waals surface area contributed by atoms with Crippen LogP contribution in [0.5, 0.6) is 11.5 Å². The minimum atomic E-state index is -4.79. The summed E-state index contributed by atoms with van der Waals surface area (Å²) in [4.78, 5) is 25.6. The van der Waals surface area contributed by atoms with Gasteiger partial charge < -0.3 is 8.92 Å². The van der Waals surface area contributed by atoms with Crippen LogP contribution in [-0.4, -0.2) is 53.6 Å². The first-order chi connectivity index (χ1) is 17.3. The van der Waals surface area contributed by atoms with Crippen LogP contribution in [0, 0.1) is 15.5 Å². The zero-order valence-electron chi connectivity index (χ0n) is 18.2. The predicted molar refractivity (Wildman–Crippen MR) is 125 cm³/mol. The SMILES string of the molecule is COc1cc(/C=C2/C(=N)N3N=C(C(F)(F)F)SC3=NC2=O)ccc1OS(=O)(=O)c1ccccc1[N+](=O)[O-]. The smallest absolute Gasteiger partial charge is 0.441 e. The average molecular weight is 555 g/mol. The van der Waals surface area contributed by atoms with Crippen molar-refractivity contribution in [3.8, 4) is 11.5 Å². The number of rotatable bonds is 6. The molecule has 0 radical (unpaired) electrons. The second-order valence-corrected chi connectivity index (χ2v) is 9.57. The van der Waals surface area contributed by atoms with Crippen LogP contribution < -0.4 is 8.92 Å². The molecule has 0 unspecified atom stereocenters. The van der Waals surface area contributed by atoms with Crippen LogP contribution in [0.25, 0.3) is 6.08 Å². The summed E-state index contributed by atoms with van der Waals surface area (Å²) in [6, 6.07) is 8.18. The Hall–Kier alpha value is -4.25. The Morgan fingerprint density at radius 1 is 1.19 bits per heavy atom. The number of benzene rings is 2. The van der Waals surface area contributed by atoms with E-state index in [1.54, 1.807) is 0 Å². The van der Waals surface area contributed by atoms with Crippen molar-refractivity contribution in [2.24, 2.45) is 10.1 Å². The minimum absolute atomic E-state index is 0.108. The van der Waals surface area contributed by atoms with Gasteiger partial charge in [0.05, 0.1) is 17.6 Å². The number of thioether (sulfide) groups is 1. The van der Waals surface area contributed by atoms with Gasteiger partial charge in [-0.05, 0) is 41.6 Å². The lowest BCUT2D eigenvalue weighted by atomic mass is 10.1. The molecule has 0 fully saturated rings. The van der Waals surface area contributed by atoms with Gasteiger partial charge in [-0.2, -0.15) is 36.7 Å². The molecular formula is C20H12F3N5O7S2. The Morgan fingerprint density at radius 2 is 1.89 bits per heavy atom. The van der Waals surface area contributed by atoms with Gasteiger partial charge >= 0.3 is 16.3 Å². The Bertz CT molecular complexity index is 1550. The van der Waals surface area contributed by atoms with Crippen LogP contribution >= 0.6 is 11.8 Å². The molecule has 192 valence electrons. The zero-order valence-corrected chi connectivity index (χ0v) is 19.8. The van der Waals surface area contributed by atoms with Gasteiger partial charge in [-0.15, -0.1) is 0 Å². The van der Waals surface area contributed by atoms with E-state index in [1.165, 1.54) is 31.4 Å². The van der Waals surface area contributed by atoms with Crippen LogP contribution in [0.15, 0.2) is 63.0 Å². The molecule has 0 saturated carbocycles. The van der Waals surface area contributed by atoms with Gasteiger partial charge in [-0.1, -0.05) is 18.2 Å². The molecule has 17 heteroatoms. The molecule has 0 saturated heterocycles. The van der Waals surface area contributed by atoms with E-state index in [0.29, 0.717) is 5.01 Å². The Kier molecular flexibility index (Phi) is 6.51. The largest absolute Gasteiger partial charge is 0.493 e. The number of aliphatic imine (C=N–C) groups is 1. The molecule has 2 aromatic carbocycles. The summed E-state index contributed by atoms with van der Waals surface area (Å²) in [5, 5.41) is 21.5. The third kappa shape index (κ3) is 5.03. The molecule has 0 spiro atoms. The maximum Gasteiger partial charge on any atom is 0.441 e. The molecule has 37 heavy (non-hydrogen) atoms. The lowest BCUT2D eigenvalue weighted by Crippen LogP contribution is -2.35. The van der Waals surface area contributed by atoms with Crippen molar-refractivity contribution in [3.05, 3.63) is 63.7 Å². The number of amides is 1. The second-order valence-electron chi connectivity index (χ2n) is 7.10. The number of methoxy groups -OCH3 is 1. The normalized spacial score (nSPS) is 16.9. The molecule has 0 atom stereocenters. The number of nitrogens with one attached hydrogen (secondary N) is 1. The summed E-state index contributed by atoms with van der Waals surface area (Å²) in [5.74, 6) is -2.14. The highest BCUT2D eigenvalue weighted by Crippen LogP contribution is 2.36. The van der Waals surface area contributed by atoms with Crippen molar-refractivity contribution in [3.63, 3.8) is 0 Å². The van der Waals surface area contributed by atoms with E-state index >= 15 is 0 Å². The van der Waals surface area contributed by atoms with E-state index in [-0.39, 0.29) is 34.4 Å². The average Bonchev–Trinajstić information content (AvgIpc) is 3.27. The van der Waals surface area contributed by atoms with Crippen molar-refractivity contribution in [2.45, 2.75) is 11.1 Å². The highest BCUT2D eigenvalue weighted by atomic mass is 32.2. The van der Waals surface area contributed by atoms with Crippen molar-refractivity contribution < 1.29 is 40.2 Å². The van der Waals surface area contributed by atoms with Gasteiger partial charge in [-0.25, -0.2) is 0 Å². The number of ether oxygens (including phenoxy) is 1. The number of carbonyl (C=O) groups excluding carboxylic acids is 1. The molecular weight excluding hydrogens is 543 g/mol. The summed E-state index contributed by atoms with van der Waals surface area (Å²) in [5.41, 5.74) is -0.917. The van der Waals surface area contributed by atoms with E-state index in [4.69, 9.17) is 14.3 Å². The number of nitro benzene ring substituents is 1. The number of hydrogen-bond donors (Lipinski definition) is 1. The molecule has 0 aliphatic carbocycles. The summed E-state index contributed by atoms with van der Waals surface area (Å²) in [6.07, 6.45) is -3.67. The monoisotopic (exact) mass is 555 g/mol. The highest BCUT2D eigenvalue weighted by Gasteiger charge is 2.46. The molecule has 2 aliphatic rings. The molecule has 0 aromatic heterocycles. The van der Waals surface area contributed by atoms with Crippen molar-refractivity contribution in [2.75, 3.05) is 7.11 Å². The molecule has 1 amide bonds. The Labute approximate surface area is 209 Å². The summed E-state index contributed by atoms with van der Waals surface area (Å²) < 4.78 is 74.5. The van der Waals surface area contributed by atoms with Crippen LogP contribution in [0.3, 0.4) is 0 Å². The van der Waals surface area contributed by atoms with Crippen LogP contribution in [0.4, 0.5) is 18.9 Å². The van der Waals surface area contributed by atoms with Crippen molar-refractivity contribution >= 4 is 55.6 Å². The molecule has 1 N–H and O–H groups in total. The fourth-order valence-electron chi connectivity index (χ4n) is 3.10. The van der Waals surface area contributed by atoms with E-state index in [0.717, 1.165) is 24.3 Å². The quantitative estimate of drug-likeness (QED) is 0.243. The third-order valence-corrected chi connectivity index (χ3v) is 6.96. The zero-order chi connectivity index (χ0) is 27.1. The molecule has 4 rings (SSSR count). The van der Waals surface area contributed by atoms with Gasteiger partial charge in [0.2, 0.25) is 10.2 Å². The third-order valence-electron chi connectivity index (χ3n) is 4.73. The number of nitrogens with zero attached hydrogens (tertiary/aromatic N) is 4. The van der Waals surface area contributed by atoms with Crippen LogP contribution in [0.2, 0.25) is 0 Å². The van der Waals surface area contributed by atoms with Gasteiger partial charge in [0.25, 0.3) is 11.6 Å². The lowest BCUT2D eigenvalue weighted by molar-refractivity contribution is -0.387. The summed E-state index contributed by atoms with van der Waals surface area (Å²) in [6.45, 7) is 0. The lowest BCUT2D eigenvalue weighted by Gasteiger charge is -2.20. The number of hydrogen-bond acceptors (Lipinski definition) is 10. The van der Waals surface area contributed by atoms with E-state index in [2.05, 4.69) is 10.1 Å². The molecule has 0 bridgehead atoms. The van der Waals surface area contributed by atoms with E-state index in [1.807, 2.05) is 0 Å². The molecule has 12 nitrogen and oxygen atoms in total. The van der Waals surface area contributed by atoms with Crippen LogP contribution in [-0.2, 0) is 14.9 Å². The van der Waals surface area contributed by atoms with Crippen molar-refractivity contribution in [1.82, 2.24) is 5.01 Å². The van der Waals surface area contributed by atoms with Gasteiger partial charge in [0.1, 0.15) is 0 Å². The predicted octanol–water partition coefficient (Wildman–Crippen LogP) is 3.55. The number of carbonyl (C=O) groups is 1. The van der Waals surface area contributed by atoms with Crippen LogP contribution in [0.1, 0.15) is 5.56 Å². The Morgan fingerprint density at radius 3 is 2.54 bits per heavy atom. The van der Waals surface area contributed by atoms with Crippen molar-refractivity contribution in [1.29, 1.82) is 5.41 Å². The van der Waals surface area contributed by atoms with Gasteiger partial charge in [0.15, 0.2) is 22.2 Å². The maximum atomic E-state index is 13.0.